The molecule has 0 unspecified atom stereocenters. The van der Waals surface area contributed by atoms with Crippen molar-refractivity contribution < 1.29 is 23.7 Å². The summed E-state index contributed by atoms with van der Waals surface area (Å²) in [6.07, 6.45) is 2.83. The van der Waals surface area contributed by atoms with Crippen LogP contribution in [0.3, 0.4) is 0 Å². The number of rotatable bonds is 21. The van der Waals surface area contributed by atoms with E-state index in [4.69, 9.17) is 29.4 Å². The van der Waals surface area contributed by atoms with Gasteiger partial charge in [-0.25, -0.2) is 0 Å². The van der Waals surface area contributed by atoms with Crippen molar-refractivity contribution in [2.24, 2.45) is 5.73 Å². The van der Waals surface area contributed by atoms with E-state index in [1.54, 1.807) is 0 Å². The predicted octanol–water partition coefficient (Wildman–Crippen LogP) is 1.32. The van der Waals surface area contributed by atoms with E-state index in [1.165, 1.54) is 0 Å². The van der Waals surface area contributed by atoms with Gasteiger partial charge in [0, 0.05) is 25.5 Å². The van der Waals surface area contributed by atoms with E-state index in [1.807, 2.05) is 0 Å². The van der Waals surface area contributed by atoms with Crippen molar-refractivity contribution in [3.8, 4) is 0 Å². The van der Waals surface area contributed by atoms with E-state index in [9.17, 15) is 0 Å². The highest BCUT2D eigenvalue weighted by Gasteiger charge is 1.94. The molecule has 0 saturated carbocycles. The molecule has 150 valence electrons. The summed E-state index contributed by atoms with van der Waals surface area (Å²) in [5.41, 5.74) is 6.44. The molecule has 0 bridgehead atoms. The standard InChI is InChI=1S/C18H38N2O5/c1-3-18(2)20-7-5-9-22-11-13-24-15-17-25-16-14-23-12-10-21-8-4-6-19/h20H,2-17,19H2,1H3. The van der Waals surface area contributed by atoms with Gasteiger partial charge in [0.1, 0.15) is 0 Å². The largest absolute Gasteiger partial charge is 0.389 e. The van der Waals surface area contributed by atoms with Crippen LogP contribution in [0.5, 0.6) is 0 Å². The first-order valence-electron chi connectivity index (χ1n) is 9.31. The highest BCUT2D eigenvalue weighted by Crippen LogP contribution is 1.91. The number of allylic oxidation sites excluding steroid dienone is 1. The summed E-state index contributed by atoms with van der Waals surface area (Å²) in [5, 5.41) is 3.24. The normalized spacial score (nSPS) is 11.0. The first kappa shape index (κ1) is 24.3. The fraction of sp³-hybridized carbons (Fsp3) is 0.889. The Labute approximate surface area is 153 Å². The minimum atomic E-state index is 0.568. The van der Waals surface area contributed by atoms with Crippen LogP contribution in [-0.4, -0.2) is 79.2 Å². The quantitative estimate of drug-likeness (QED) is 0.298. The Morgan fingerprint density at radius 1 is 0.720 bits per heavy atom. The molecule has 0 aromatic rings. The lowest BCUT2D eigenvalue weighted by Gasteiger charge is -2.09. The maximum atomic E-state index is 5.48. The summed E-state index contributed by atoms with van der Waals surface area (Å²) in [7, 11) is 0. The molecule has 0 aliphatic heterocycles. The van der Waals surface area contributed by atoms with E-state index >= 15 is 0 Å². The van der Waals surface area contributed by atoms with Gasteiger partial charge in [0.05, 0.1) is 52.9 Å². The van der Waals surface area contributed by atoms with E-state index in [-0.39, 0.29) is 0 Å². The summed E-state index contributed by atoms with van der Waals surface area (Å²) >= 11 is 0. The van der Waals surface area contributed by atoms with Gasteiger partial charge < -0.3 is 34.7 Å². The van der Waals surface area contributed by atoms with Crippen LogP contribution in [0.25, 0.3) is 0 Å². The average molecular weight is 363 g/mol. The minimum Gasteiger partial charge on any atom is -0.389 e. The molecular formula is C18H38N2O5. The summed E-state index contributed by atoms with van der Waals surface area (Å²) in [4.78, 5) is 0. The predicted molar refractivity (Wildman–Crippen MR) is 99.8 cm³/mol. The number of hydrogen-bond donors (Lipinski definition) is 2. The zero-order valence-corrected chi connectivity index (χ0v) is 15.9. The van der Waals surface area contributed by atoms with Crippen LogP contribution >= 0.6 is 0 Å². The third-order valence-electron chi connectivity index (χ3n) is 3.25. The molecule has 3 N–H and O–H groups in total. The number of nitrogens with two attached hydrogens (primary N) is 1. The maximum Gasteiger partial charge on any atom is 0.0701 e. The molecule has 0 amide bonds. The topological polar surface area (TPSA) is 84.2 Å². The Hall–Kier alpha value is -0.700. The summed E-state index contributed by atoms with van der Waals surface area (Å²) in [6, 6.07) is 0. The molecule has 0 heterocycles. The molecule has 0 atom stereocenters. The Morgan fingerprint density at radius 3 is 1.52 bits per heavy atom. The van der Waals surface area contributed by atoms with Gasteiger partial charge in [-0.05, 0) is 25.8 Å². The molecule has 0 aliphatic rings. The first-order valence-corrected chi connectivity index (χ1v) is 9.31. The molecule has 7 nitrogen and oxygen atoms in total. The lowest BCUT2D eigenvalue weighted by Crippen LogP contribution is -2.16. The van der Waals surface area contributed by atoms with Crippen LogP contribution in [0, 0.1) is 0 Å². The number of ether oxygens (including phenoxy) is 5. The zero-order chi connectivity index (χ0) is 18.4. The zero-order valence-electron chi connectivity index (χ0n) is 15.9. The SMILES string of the molecule is C=C(CC)NCCCOCCOCCOCCOCCOCCCN. The monoisotopic (exact) mass is 362 g/mol. The van der Waals surface area contributed by atoms with E-state index < -0.39 is 0 Å². The van der Waals surface area contributed by atoms with Crippen molar-refractivity contribution in [3.05, 3.63) is 12.3 Å². The highest BCUT2D eigenvalue weighted by atomic mass is 16.6. The van der Waals surface area contributed by atoms with Gasteiger partial charge in [-0.1, -0.05) is 13.5 Å². The van der Waals surface area contributed by atoms with Crippen molar-refractivity contribution >= 4 is 0 Å². The van der Waals surface area contributed by atoms with E-state index in [0.29, 0.717) is 66.0 Å². The van der Waals surface area contributed by atoms with Gasteiger partial charge in [0.15, 0.2) is 0 Å². The molecule has 0 radical (unpaired) electrons. The molecule has 0 fully saturated rings. The lowest BCUT2D eigenvalue weighted by molar-refractivity contribution is -0.0111. The smallest absolute Gasteiger partial charge is 0.0701 e. The fourth-order valence-electron chi connectivity index (χ4n) is 1.73. The second-order valence-electron chi connectivity index (χ2n) is 5.44. The van der Waals surface area contributed by atoms with Crippen LogP contribution in [-0.2, 0) is 23.7 Å². The van der Waals surface area contributed by atoms with Gasteiger partial charge in [0.2, 0.25) is 0 Å². The van der Waals surface area contributed by atoms with Crippen molar-refractivity contribution in [2.45, 2.75) is 26.2 Å². The van der Waals surface area contributed by atoms with Crippen LogP contribution in [0.4, 0.5) is 0 Å². The number of hydrogen-bond acceptors (Lipinski definition) is 7. The van der Waals surface area contributed by atoms with Crippen molar-refractivity contribution in [2.75, 3.05) is 79.2 Å². The third kappa shape index (κ3) is 21.3. The van der Waals surface area contributed by atoms with Gasteiger partial charge in [-0.15, -0.1) is 0 Å². The molecular weight excluding hydrogens is 324 g/mol. The summed E-state index contributed by atoms with van der Waals surface area (Å²) in [5.74, 6) is 0. The molecule has 0 rings (SSSR count). The number of nitrogens with one attached hydrogen (secondary N) is 1. The van der Waals surface area contributed by atoms with Gasteiger partial charge in [0.25, 0.3) is 0 Å². The average Bonchev–Trinajstić information content (AvgIpc) is 2.63. The van der Waals surface area contributed by atoms with Crippen molar-refractivity contribution in [1.29, 1.82) is 0 Å². The fourth-order valence-corrected chi connectivity index (χ4v) is 1.73. The van der Waals surface area contributed by atoms with Crippen molar-refractivity contribution in [1.82, 2.24) is 5.32 Å². The third-order valence-corrected chi connectivity index (χ3v) is 3.25. The second-order valence-corrected chi connectivity index (χ2v) is 5.44. The Morgan fingerprint density at radius 2 is 1.12 bits per heavy atom. The molecule has 7 heteroatoms. The molecule has 0 saturated heterocycles. The molecule has 0 aromatic heterocycles. The van der Waals surface area contributed by atoms with Gasteiger partial charge >= 0.3 is 0 Å². The van der Waals surface area contributed by atoms with Gasteiger partial charge in [-0.3, -0.25) is 0 Å². The second kappa shape index (κ2) is 21.3. The van der Waals surface area contributed by atoms with Crippen LogP contribution in [0.1, 0.15) is 26.2 Å². The molecule has 25 heavy (non-hydrogen) atoms. The van der Waals surface area contributed by atoms with Gasteiger partial charge in [-0.2, -0.15) is 0 Å². The summed E-state index contributed by atoms with van der Waals surface area (Å²) < 4.78 is 27.0. The lowest BCUT2D eigenvalue weighted by atomic mass is 10.3. The molecule has 0 aliphatic carbocycles. The highest BCUT2D eigenvalue weighted by molar-refractivity contribution is 4.88. The van der Waals surface area contributed by atoms with Crippen LogP contribution < -0.4 is 11.1 Å². The first-order chi connectivity index (χ1) is 12.3. The van der Waals surface area contributed by atoms with E-state index in [2.05, 4.69) is 18.8 Å². The maximum absolute atomic E-state index is 5.48. The molecule has 0 aromatic carbocycles. The summed E-state index contributed by atoms with van der Waals surface area (Å²) in [6.45, 7) is 13.7. The minimum absolute atomic E-state index is 0.568. The Bertz CT molecular complexity index is 280. The Kier molecular flexibility index (Phi) is 20.7. The Balaban J connectivity index is 2.99. The van der Waals surface area contributed by atoms with Crippen molar-refractivity contribution in [3.63, 3.8) is 0 Å². The van der Waals surface area contributed by atoms with E-state index in [0.717, 1.165) is 38.1 Å². The molecule has 0 spiro atoms. The van der Waals surface area contributed by atoms with Crippen LogP contribution in [0.2, 0.25) is 0 Å². The van der Waals surface area contributed by atoms with Crippen LogP contribution in [0.15, 0.2) is 12.3 Å².